The van der Waals surface area contributed by atoms with Crippen LogP contribution >= 0.6 is 11.8 Å². The van der Waals surface area contributed by atoms with Gasteiger partial charge in [-0.2, -0.15) is 4.98 Å². The SMILES string of the molecule is Cc1nc(CSCC(=O)Nc2cccc(NC(=O)c3ccccc3)c2C)no1. The van der Waals surface area contributed by atoms with Crippen molar-refractivity contribution in [1.82, 2.24) is 10.1 Å². The summed E-state index contributed by atoms with van der Waals surface area (Å²) < 4.78 is 4.90. The van der Waals surface area contributed by atoms with Gasteiger partial charge in [-0.1, -0.05) is 29.4 Å². The molecule has 0 spiro atoms. The van der Waals surface area contributed by atoms with Crippen molar-refractivity contribution in [1.29, 1.82) is 0 Å². The Kier molecular flexibility index (Phi) is 6.44. The van der Waals surface area contributed by atoms with Gasteiger partial charge in [-0.05, 0) is 36.8 Å². The zero-order valence-electron chi connectivity index (χ0n) is 15.6. The summed E-state index contributed by atoms with van der Waals surface area (Å²) in [6.07, 6.45) is 0. The van der Waals surface area contributed by atoms with Crippen LogP contribution < -0.4 is 10.6 Å². The number of carbonyl (C=O) groups excluding carboxylic acids is 2. The number of hydrogen-bond acceptors (Lipinski definition) is 6. The molecule has 0 aliphatic carbocycles. The summed E-state index contributed by atoms with van der Waals surface area (Å²) in [7, 11) is 0. The lowest BCUT2D eigenvalue weighted by Gasteiger charge is -2.13. The molecule has 1 aromatic heterocycles. The van der Waals surface area contributed by atoms with Crippen LogP contribution in [0.2, 0.25) is 0 Å². The number of nitrogens with zero attached hydrogens (tertiary/aromatic N) is 2. The molecule has 2 N–H and O–H groups in total. The van der Waals surface area contributed by atoms with E-state index in [-0.39, 0.29) is 17.6 Å². The second-order valence-corrected chi connectivity index (χ2v) is 7.05. The fourth-order valence-electron chi connectivity index (χ4n) is 2.51. The van der Waals surface area contributed by atoms with Gasteiger partial charge in [-0.25, -0.2) is 0 Å². The van der Waals surface area contributed by atoms with Crippen molar-refractivity contribution in [3.05, 3.63) is 71.4 Å². The first kappa shape index (κ1) is 19.6. The van der Waals surface area contributed by atoms with Gasteiger partial charge in [0.1, 0.15) is 0 Å². The number of aromatic nitrogens is 2. The largest absolute Gasteiger partial charge is 0.340 e. The van der Waals surface area contributed by atoms with Crippen LogP contribution in [-0.2, 0) is 10.5 Å². The minimum absolute atomic E-state index is 0.139. The van der Waals surface area contributed by atoms with Crippen LogP contribution in [0.3, 0.4) is 0 Å². The Labute approximate surface area is 166 Å². The highest BCUT2D eigenvalue weighted by atomic mass is 32.2. The number of benzene rings is 2. The van der Waals surface area contributed by atoms with Gasteiger partial charge in [-0.15, -0.1) is 11.8 Å². The van der Waals surface area contributed by atoms with Gasteiger partial charge < -0.3 is 15.2 Å². The molecule has 1 heterocycles. The average Bonchev–Trinajstić information content (AvgIpc) is 3.10. The van der Waals surface area contributed by atoms with Crippen molar-refractivity contribution in [3.8, 4) is 0 Å². The molecule has 28 heavy (non-hydrogen) atoms. The number of rotatable bonds is 7. The normalized spacial score (nSPS) is 10.5. The molecule has 0 aliphatic rings. The molecule has 2 aromatic carbocycles. The lowest BCUT2D eigenvalue weighted by atomic mass is 10.1. The van der Waals surface area contributed by atoms with Crippen molar-refractivity contribution in [2.75, 3.05) is 16.4 Å². The smallest absolute Gasteiger partial charge is 0.255 e. The molecule has 8 heteroatoms. The number of amides is 2. The van der Waals surface area contributed by atoms with Gasteiger partial charge in [0.25, 0.3) is 5.91 Å². The highest BCUT2D eigenvalue weighted by Gasteiger charge is 2.12. The summed E-state index contributed by atoms with van der Waals surface area (Å²) in [5, 5.41) is 9.56. The third kappa shape index (κ3) is 5.20. The van der Waals surface area contributed by atoms with Crippen LogP contribution in [0.15, 0.2) is 53.1 Å². The van der Waals surface area contributed by atoms with E-state index in [2.05, 4.69) is 20.8 Å². The number of hydrogen-bond donors (Lipinski definition) is 2. The van der Waals surface area contributed by atoms with Crippen molar-refractivity contribution in [2.24, 2.45) is 0 Å². The van der Waals surface area contributed by atoms with E-state index >= 15 is 0 Å². The molecule has 3 aromatic rings. The molecule has 0 unspecified atom stereocenters. The lowest BCUT2D eigenvalue weighted by molar-refractivity contribution is -0.113. The maximum Gasteiger partial charge on any atom is 0.255 e. The van der Waals surface area contributed by atoms with E-state index < -0.39 is 0 Å². The highest BCUT2D eigenvalue weighted by molar-refractivity contribution is 7.99. The zero-order valence-corrected chi connectivity index (χ0v) is 16.4. The summed E-state index contributed by atoms with van der Waals surface area (Å²) in [5.74, 6) is 1.49. The monoisotopic (exact) mass is 396 g/mol. The molecule has 3 rings (SSSR count). The molecule has 2 amide bonds. The summed E-state index contributed by atoms with van der Waals surface area (Å²) in [6.45, 7) is 3.58. The van der Waals surface area contributed by atoms with E-state index in [4.69, 9.17) is 4.52 Å². The Bertz CT molecular complexity index is 973. The van der Waals surface area contributed by atoms with Crippen LogP contribution in [0.25, 0.3) is 0 Å². The van der Waals surface area contributed by atoms with Crippen molar-refractivity contribution in [2.45, 2.75) is 19.6 Å². The van der Waals surface area contributed by atoms with Crippen LogP contribution in [0.1, 0.15) is 27.6 Å². The Morgan fingerprint density at radius 2 is 1.71 bits per heavy atom. The number of nitrogens with one attached hydrogen (secondary N) is 2. The van der Waals surface area contributed by atoms with Crippen LogP contribution in [0, 0.1) is 13.8 Å². The van der Waals surface area contributed by atoms with Crippen LogP contribution in [-0.4, -0.2) is 27.7 Å². The first-order valence-electron chi connectivity index (χ1n) is 8.65. The van der Waals surface area contributed by atoms with Crippen molar-refractivity contribution < 1.29 is 14.1 Å². The summed E-state index contributed by atoms with van der Waals surface area (Å²) >= 11 is 1.40. The number of aryl methyl sites for hydroxylation is 1. The predicted molar refractivity (Wildman–Crippen MR) is 109 cm³/mol. The summed E-state index contributed by atoms with van der Waals surface area (Å²) in [6, 6.07) is 14.4. The molecular formula is C20H20N4O3S. The molecular weight excluding hydrogens is 376 g/mol. The average molecular weight is 396 g/mol. The predicted octanol–water partition coefficient (Wildman–Crippen LogP) is 3.81. The van der Waals surface area contributed by atoms with Gasteiger partial charge in [0.15, 0.2) is 5.82 Å². The van der Waals surface area contributed by atoms with Gasteiger partial charge in [0, 0.05) is 23.9 Å². The van der Waals surface area contributed by atoms with Crippen LogP contribution in [0.5, 0.6) is 0 Å². The molecule has 0 aliphatic heterocycles. The molecule has 0 radical (unpaired) electrons. The standard InChI is InChI=1S/C20H20N4O3S/c1-13-16(22-19(25)12-28-11-18-21-14(2)27-24-18)9-6-10-17(13)23-20(26)15-7-4-3-5-8-15/h3-10H,11-12H2,1-2H3,(H,22,25)(H,23,26). The van der Waals surface area contributed by atoms with E-state index in [0.29, 0.717) is 34.4 Å². The maximum atomic E-state index is 12.4. The van der Waals surface area contributed by atoms with Crippen molar-refractivity contribution in [3.63, 3.8) is 0 Å². The molecule has 0 saturated heterocycles. The fraction of sp³-hybridized carbons (Fsp3) is 0.200. The second-order valence-electron chi connectivity index (χ2n) is 6.07. The summed E-state index contributed by atoms with van der Waals surface area (Å²) in [5.41, 5.74) is 2.68. The third-order valence-electron chi connectivity index (χ3n) is 3.93. The molecule has 144 valence electrons. The lowest BCUT2D eigenvalue weighted by Crippen LogP contribution is -2.17. The van der Waals surface area contributed by atoms with E-state index in [1.165, 1.54) is 11.8 Å². The maximum absolute atomic E-state index is 12.4. The minimum Gasteiger partial charge on any atom is -0.340 e. The van der Waals surface area contributed by atoms with Gasteiger partial charge in [0.05, 0.1) is 11.5 Å². The Balaban J connectivity index is 1.57. The Hall–Kier alpha value is -3.13. The fourth-order valence-corrected chi connectivity index (χ4v) is 3.17. The number of carbonyl (C=O) groups is 2. The van der Waals surface area contributed by atoms with Gasteiger partial charge in [-0.3, -0.25) is 9.59 Å². The van der Waals surface area contributed by atoms with Crippen molar-refractivity contribution >= 4 is 35.0 Å². The van der Waals surface area contributed by atoms with Gasteiger partial charge >= 0.3 is 0 Å². The number of thioether (sulfide) groups is 1. The molecule has 7 nitrogen and oxygen atoms in total. The first-order valence-corrected chi connectivity index (χ1v) is 9.81. The van der Waals surface area contributed by atoms with E-state index in [1.807, 2.05) is 25.1 Å². The van der Waals surface area contributed by atoms with E-state index in [1.54, 1.807) is 37.3 Å². The van der Waals surface area contributed by atoms with E-state index in [0.717, 1.165) is 5.56 Å². The minimum atomic E-state index is -0.196. The Morgan fingerprint density at radius 1 is 1.00 bits per heavy atom. The van der Waals surface area contributed by atoms with E-state index in [9.17, 15) is 9.59 Å². The first-order chi connectivity index (χ1) is 13.5. The summed E-state index contributed by atoms with van der Waals surface area (Å²) in [4.78, 5) is 28.7. The highest BCUT2D eigenvalue weighted by Crippen LogP contribution is 2.24. The molecule has 0 bridgehead atoms. The molecule has 0 fully saturated rings. The quantitative estimate of drug-likeness (QED) is 0.630. The zero-order chi connectivity index (χ0) is 19.9. The van der Waals surface area contributed by atoms with Gasteiger partial charge in [0.2, 0.25) is 11.8 Å². The topological polar surface area (TPSA) is 97.1 Å². The number of anilines is 2. The third-order valence-corrected chi connectivity index (χ3v) is 4.85. The Morgan fingerprint density at radius 3 is 2.39 bits per heavy atom. The molecule has 0 saturated carbocycles. The molecule has 0 atom stereocenters. The van der Waals surface area contributed by atoms with Crippen LogP contribution in [0.4, 0.5) is 11.4 Å². The second kappa shape index (κ2) is 9.18.